The molecule has 340 valence electrons. The molecule has 14 heteroatoms. The van der Waals surface area contributed by atoms with E-state index in [1.807, 2.05) is 37.6 Å². The number of hydrazine groups is 1. The standard InChI is InChI=1S/C42H52N5O6.C7H10NO.CH3.In/c1-8-46-36-14-13-28-22-32(36)33(39(46)31-11-9-15-43-38(31)26(4)52-7)23-42(5,6)24-53-41(51)34-12-10-16-47(45-34)40(50)35(44-37(49)17-25(2)3)20-27-18-29(28)21-30(48)19-27;1-4-5-2-8-6(3-9)7(4)5;;/h9,11,13-15,17-19,21-22,25-26,34-35,45,48H,8,10,12,16,20,23-24H2,1-7H3,(H,44,49);4-8H,2H2,1H3;1H3;/t26-,34-,35-;4-,5+,6-,7-;;/m00../s1. The van der Waals surface area contributed by atoms with E-state index in [-0.39, 0.29) is 46.3 Å². The quantitative estimate of drug-likeness (QED) is 0.128. The minimum atomic E-state index is -3.25. The number of amides is 2. The van der Waals surface area contributed by atoms with Crippen molar-refractivity contribution in [1.82, 2.24) is 30.6 Å². The Morgan fingerprint density at radius 1 is 1.11 bits per heavy atom. The van der Waals surface area contributed by atoms with Crippen LogP contribution in [0.5, 0.6) is 5.75 Å². The Hall–Kier alpha value is -4.24. The summed E-state index contributed by atoms with van der Waals surface area (Å²) >= 11 is -3.25. The Morgan fingerprint density at radius 2 is 1.89 bits per heavy atom. The molecular weight excluding hydrogens is 911 g/mol. The van der Waals surface area contributed by atoms with Crippen LogP contribution in [0.3, 0.4) is 0 Å². The van der Waals surface area contributed by atoms with Crippen LogP contribution in [-0.4, -0.2) is 107 Å². The van der Waals surface area contributed by atoms with E-state index in [0.717, 1.165) is 51.1 Å². The number of esters is 1. The number of piperidine rings is 1. The summed E-state index contributed by atoms with van der Waals surface area (Å²) in [5.74, 6) is 0.215. The number of nitrogens with zero attached hydrogens (tertiary/aromatic N) is 3. The second-order valence-electron chi connectivity index (χ2n) is 20.0. The minimum absolute atomic E-state index is 0.0345. The SMILES string of the molecule is CCn1c(-c2cccnc2[C@H](C)OC)c2c3cc(ccc31)-c1cc(O)cc(c1)C[C@H](NC(=O)[C@H](C(C)C)[In]([CH3])[C](=O)[C@@H]1NC[C@@H]3[C@H](C)[C@@H]31)C(=O)N1CCC[C@H](N1)C(=O)OCC(C)(C)C2. The van der Waals surface area contributed by atoms with Crippen molar-refractivity contribution in [2.75, 3.05) is 26.8 Å². The van der Waals surface area contributed by atoms with Gasteiger partial charge in [-0.2, -0.15) is 0 Å². The number of aryl methyl sites for hydroxylation is 1. The molecule has 5 heterocycles. The minimum Gasteiger partial charge on any atom is -0.0563 e. The molecule has 0 spiro atoms. The van der Waals surface area contributed by atoms with Gasteiger partial charge in [-0.05, 0) is 32.4 Å². The number of hydrogen-bond acceptors (Lipinski definition) is 10. The summed E-state index contributed by atoms with van der Waals surface area (Å²) in [5.41, 5.74) is 9.88. The van der Waals surface area contributed by atoms with Gasteiger partial charge in [-0.1, -0.05) is 13.8 Å². The van der Waals surface area contributed by atoms with Gasteiger partial charge in [-0.15, -0.1) is 0 Å². The third kappa shape index (κ3) is 9.00. The fourth-order valence-electron chi connectivity index (χ4n) is 11.0. The number of aromatic hydroxyl groups is 1. The number of carbonyl (C=O) groups excluding carboxylic acids is 4. The summed E-state index contributed by atoms with van der Waals surface area (Å²) < 4.78 is 16.1. The molecule has 64 heavy (non-hydrogen) atoms. The Bertz CT molecular complexity index is 2450. The first kappa shape index (κ1) is 46.3. The van der Waals surface area contributed by atoms with Crippen molar-refractivity contribution >= 4 is 53.7 Å². The van der Waals surface area contributed by atoms with Crippen LogP contribution in [-0.2, 0) is 48.0 Å². The van der Waals surface area contributed by atoms with Gasteiger partial charge in [0.05, 0.1) is 17.5 Å². The summed E-state index contributed by atoms with van der Waals surface area (Å²) in [6.45, 7) is 16.5. The Balaban J connectivity index is 1.21. The first-order valence-electron chi connectivity index (χ1n) is 23.3. The topological polar surface area (TPSA) is 164 Å². The van der Waals surface area contributed by atoms with E-state index in [0.29, 0.717) is 55.7 Å². The molecule has 3 aliphatic heterocycles. The number of benzene rings is 2. The number of fused-ring (bicyclic) bond motifs is 7. The van der Waals surface area contributed by atoms with Gasteiger partial charge in [0.2, 0.25) is 0 Å². The van der Waals surface area contributed by atoms with E-state index in [1.165, 1.54) is 5.01 Å². The first-order valence-corrected chi connectivity index (χ1v) is 30.1. The number of carbonyl (C=O) groups is 4. The van der Waals surface area contributed by atoms with Crippen LogP contribution < -0.4 is 16.1 Å². The molecule has 8 rings (SSSR count). The fraction of sp³-hybridized carbons (Fsp3) is 0.540. The van der Waals surface area contributed by atoms with Gasteiger partial charge >= 0.3 is 283 Å². The summed E-state index contributed by atoms with van der Waals surface area (Å²) in [6.07, 6.45) is 3.20. The van der Waals surface area contributed by atoms with E-state index in [4.69, 9.17) is 14.5 Å². The number of phenols is 1. The number of cyclic esters (lactones) is 1. The molecule has 6 bridgehead atoms. The average Bonchev–Trinajstić information content (AvgIpc) is 3.55. The van der Waals surface area contributed by atoms with Gasteiger partial charge in [0.1, 0.15) is 0 Å². The molecule has 4 N–H and O–H groups in total. The van der Waals surface area contributed by atoms with Crippen LogP contribution in [0.1, 0.15) is 84.2 Å². The van der Waals surface area contributed by atoms with E-state index >= 15 is 0 Å². The van der Waals surface area contributed by atoms with Crippen molar-refractivity contribution in [1.29, 1.82) is 0 Å². The second-order valence-corrected chi connectivity index (χ2v) is 28.2. The normalized spacial score (nSPS) is 25.3. The van der Waals surface area contributed by atoms with E-state index in [2.05, 4.69) is 72.6 Å². The van der Waals surface area contributed by atoms with Crippen LogP contribution in [0.4, 0.5) is 0 Å². The Morgan fingerprint density at radius 3 is 2.59 bits per heavy atom. The molecule has 0 unspecified atom stereocenters. The third-order valence-electron chi connectivity index (χ3n) is 14.6. The summed E-state index contributed by atoms with van der Waals surface area (Å²) in [7, 11) is 1.68. The molecule has 3 fully saturated rings. The molecule has 2 amide bonds. The van der Waals surface area contributed by atoms with Crippen molar-refractivity contribution in [3.8, 4) is 28.1 Å². The zero-order valence-electron chi connectivity index (χ0n) is 38.9. The van der Waals surface area contributed by atoms with Gasteiger partial charge in [0.25, 0.3) is 0 Å². The number of aromatic nitrogens is 2. The second kappa shape index (κ2) is 18.6. The van der Waals surface area contributed by atoms with Gasteiger partial charge < -0.3 is 9.30 Å². The molecular formula is C50H65InN6O7. The maximum atomic E-state index is 14.7. The number of phenolic OH excluding ortho intramolecular Hbond substituents is 1. The van der Waals surface area contributed by atoms with Crippen LogP contribution in [0.15, 0.2) is 54.7 Å². The molecule has 2 aromatic heterocycles. The molecule has 2 aromatic carbocycles. The van der Waals surface area contributed by atoms with Crippen LogP contribution in [0, 0.1) is 29.1 Å². The molecule has 13 nitrogen and oxygen atoms in total. The average molecular weight is 977 g/mol. The number of pyridine rings is 1. The molecule has 4 aromatic rings. The van der Waals surface area contributed by atoms with E-state index in [1.54, 1.807) is 25.4 Å². The molecule has 4 aliphatic rings. The fourth-order valence-corrected chi connectivity index (χ4v) is 19.5. The van der Waals surface area contributed by atoms with E-state index < -0.39 is 54.5 Å². The van der Waals surface area contributed by atoms with Crippen molar-refractivity contribution in [3.63, 3.8) is 0 Å². The number of methoxy groups -OCH3 is 1. The Kier molecular flexibility index (Phi) is 13.4. The van der Waals surface area contributed by atoms with Gasteiger partial charge in [-0.25, -0.2) is 0 Å². The zero-order valence-corrected chi connectivity index (χ0v) is 42.2. The zero-order chi connectivity index (χ0) is 45.8. The van der Waals surface area contributed by atoms with Gasteiger partial charge in [0.15, 0.2) is 0 Å². The number of rotatable bonds is 10. The van der Waals surface area contributed by atoms with Crippen LogP contribution in [0.2, 0.25) is 8.35 Å². The summed E-state index contributed by atoms with van der Waals surface area (Å²) in [4.78, 5) is 62.2. The third-order valence-corrected chi connectivity index (χ3v) is 24.3. The van der Waals surface area contributed by atoms with E-state index in [9.17, 15) is 24.3 Å². The molecule has 1 aliphatic carbocycles. The predicted octanol–water partition coefficient (Wildman–Crippen LogP) is 6.56. The number of nitrogens with one attached hydrogen (secondary N) is 3. The summed E-state index contributed by atoms with van der Waals surface area (Å²) in [6, 6.07) is 13.7. The van der Waals surface area contributed by atoms with Crippen molar-refractivity contribution < 1.29 is 33.8 Å². The van der Waals surface area contributed by atoms with Crippen molar-refractivity contribution in [2.24, 2.45) is 29.1 Å². The first-order chi connectivity index (χ1) is 30.5. The molecule has 2 saturated heterocycles. The van der Waals surface area contributed by atoms with Crippen LogP contribution in [0.25, 0.3) is 33.3 Å². The van der Waals surface area contributed by atoms with Crippen molar-refractivity contribution in [3.05, 3.63) is 71.5 Å². The van der Waals surface area contributed by atoms with Gasteiger partial charge in [0, 0.05) is 25.4 Å². The molecule has 8 atom stereocenters. The number of hydrogen-bond donors (Lipinski definition) is 4. The monoisotopic (exact) mass is 976 g/mol. The maximum absolute atomic E-state index is 14.7. The smallest absolute Gasteiger partial charge is 0.0563 e. The van der Waals surface area contributed by atoms with Gasteiger partial charge in [-0.3, -0.25) is 4.98 Å². The van der Waals surface area contributed by atoms with Crippen LogP contribution >= 0.6 is 0 Å². The van der Waals surface area contributed by atoms with Crippen molar-refractivity contribution in [2.45, 2.75) is 113 Å². The number of ether oxygens (including phenoxy) is 2. The predicted molar refractivity (Wildman–Crippen MR) is 248 cm³/mol. The molecule has 1 saturated carbocycles. The Labute approximate surface area is 384 Å². The molecule has 0 radical (unpaired) electrons. The summed E-state index contributed by atoms with van der Waals surface area (Å²) in [5, 5.41) is 20.4.